The van der Waals surface area contributed by atoms with E-state index >= 15 is 0 Å². The molecule has 4 nitrogen and oxygen atoms in total. The second-order valence-corrected chi connectivity index (χ2v) is 9.85. The van der Waals surface area contributed by atoms with E-state index in [4.69, 9.17) is 4.74 Å². The van der Waals surface area contributed by atoms with Gasteiger partial charge >= 0.3 is 0 Å². The fourth-order valence-electron chi connectivity index (χ4n) is 3.93. The van der Waals surface area contributed by atoms with E-state index in [-0.39, 0.29) is 10.3 Å². The first kappa shape index (κ1) is 20.4. The van der Waals surface area contributed by atoms with Gasteiger partial charge in [-0.25, -0.2) is 0 Å². The van der Waals surface area contributed by atoms with Crippen molar-refractivity contribution >= 4 is 31.7 Å². The van der Waals surface area contributed by atoms with Gasteiger partial charge in [0.05, 0.1) is 7.11 Å². The molecule has 0 heterocycles. The standard InChI is InChI=1S/C25H24O4S/c1-25(2,3)18-11-12-20-17(15-18)9-13-21(29-4)23(20)24-19-8-6-5-7-16(19)10-14-22(24)30(26,27)28/h5-15H,1-4H3,(H,26,27,28). The SMILES string of the molecule is COc1ccc2cc(C(C)(C)C)ccc2c1-c1c(S(=O)(=O)O)ccc2ccccc12. The summed E-state index contributed by atoms with van der Waals surface area (Å²) in [6, 6.07) is 20.7. The molecule has 30 heavy (non-hydrogen) atoms. The highest BCUT2D eigenvalue weighted by atomic mass is 32.2. The maximum Gasteiger partial charge on any atom is 0.295 e. The summed E-state index contributed by atoms with van der Waals surface area (Å²) in [5, 5.41) is 3.46. The molecule has 4 rings (SSSR count). The van der Waals surface area contributed by atoms with Crippen molar-refractivity contribution in [3.05, 3.63) is 72.3 Å². The van der Waals surface area contributed by atoms with E-state index in [1.165, 1.54) is 11.6 Å². The second kappa shape index (κ2) is 7.11. The van der Waals surface area contributed by atoms with Crippen molar-refractivity contribution in [2.75, 3.05) is 7.11 Å². The third-order valence-electron chi connectivity index (χ3n) is 5.49. The van der Waals surface area contributed by atoms with E-state index in [0.717, 1.165) is 21.5 Å². The predicted molar refractivity (Wildman–Crippen MR) is 122 cm³/mol. The van der Waals surface area contributed by atoms with Gasteiger partial charge in [-0.15, -0.1) is 0 Å². The average molecular weight is 421 g/mol. The molecule has 0 saturated heterocycles. The van der Waals surface area contributed by atoms with Crippen LogP contribution in [0.4, 0.5) is 0 Å². The minimum Gasteiger partial charge on any atom is -0.496 e. The van der Waals surface area contributed by atoms with E-state index in [2.05, 4.69) is 32.9 Å². The van der Waals surface area contributed by atoms with Crippen LogP contribution in [-0.4, -0.2) is 20.1 Å². The number of methoxy groups -OCH3 is 1. The van der Waals surface area contributed by atoms with Crippen LogP contribution >= 0.6 is 0 Å². The van der Waals surface area contributed by atoms with Gasteiger partial charge in [-0.1, -0.05) is 75.4 Å². The van der Waals surface area contributed by atoms with Gasteiger partial charge < -0.3 is 4.74 Å². The molecule has 0 aliphatic heterocycles. The summed E-state index contributed by atoms with van der Waals surface area (Å²) in [4.78, 5) is -0.133. The normalized spacial score (nSPS) is 12.4. The fourth-order valence-corrected chi connectivity index (χ4v) is 4.64. The number of benzene rings is 4. The first-order chi connectivity index (χ1) is 14.1. The van der Waals surface area contributed by atoms with Crippen LogP contribution in [0.5, 0.6) is 5.75 Å². The molecule has 154 valence electrons. The summed E-state index contributed by atoms with van der Waals surface area (Å²) in [7, 11) is -2.89. The van der Waals surface area contributed by atoms with Crippen molar-refractivity contribution in [1.82, 2.24) is 0 Å². The Morgan fingerprint density at radius 1 is 0.800 bits per heavy atom. The number of hydrogen-bond acceptors (Lipinski definition) is 3. The van der Waals surface area contributed by atoms with Crippen LogP contribution in [0, 0.1) is 0 Å². The van der Waals surface area contributed by atoms with Crippen LogP contribution in [0.3, 0.4) is 0 Å². The molecule has 0 atom stereocenters. The van der Waals surface area contributed by atoms with Crippen molar-refractivity contribution < 1.29 is 17.7 Å². The number of fused-ring (bicyclic) bond motifs is 2. The largest absolute Gasteiger partial charge is 0.496 e. The molecule has 4 aromatic carbocycles. The molecular weight excluding hydrogens is 396 g/mol. The maximum atomic E-state index is 12.3. The minimum absolute atomic E-state index is 0.0205. The lowest BCUT2D eigenvalue weighted by Gasteiger charge is -2.21. The zero-order valence-electron chi connectivity index (χ0n) is 17.4. The summed E-state index contributed by atoms with van der Waals surface area (Å²) in [6.45, 7) is 6.46. The molecule has 0 unspecified atom stereocenters. The first-order valence-electron chi connectivity index (χ1n) is 9.72. The van der Waals surface area contributed by atoms with Gasteiger partial charge in [-0.3, -0.25) is 4.55 Å². The Bertz CT molecular complexity index is 1380. The zero-order chi connectivity index (χ0) is 21.7. The van der Waals surface area contributed by atoms with Crippen LogP contribution in [0.1, 0.15) is 26.3 Å². The van der Waals surface area contributed by atoms with E-state index in [9.17, 15) is 13.0 Å². The van der Waals surface area contributed by atoms with Gasteiger partial charge in [-0.05, 0) is 44.7 Å². The fraction of sp³-hybridized carbons (Fsp3) is 0.200. The van der Waals surface area contributed by atoms with Gasteiger partial charge in [0, 0.05) is 11.1 Å². The number of hydrogen-bond donors (Lipinski definition) is 1. The van der Waals surface area contributed by atoms with Crippen LogP contribution in [0.15, 0.2) is 71.6 Å². The number of rotatable bonds is 3. The van der Waals surface area contributed by atoms with Gasteiger partial charge in [0.25, 0.3) is 10.1 Å². The lowest BCUT2D eigenvalue weighted by molar-refractivity contribution is 0.417. The molecule has 0 amide bonds. The third-order valence-corrected chi connectivity index (χ3v) is 6.38. The molecule has 0 aliphatic carbocycles. The van der Waals surface area contributed by atoms with Crippen molar-refractivity contribution in [2.45, 2.75) is 31.1 Å². The Kier molecular flexibility index (Phi) is 4.83. The van der Waals surface area contributed by atoms with Gasteiger partial charge in [0.15, 0.2) is 0 Å². The van der Waals surface area contributed by atoms with Crippen molar-refractivity contribution in [2.24, 2.45) is 0 Å². The summed E-state index contributed by atoms with van der Waals surface area (Å²) in [6.07, 6.45) is 0. The Labute approximate surface area is 176 Å². The molecule has 5 heteroatoms. The second-order valence-electron chi connectivity index (χ2n) is 8.46. The Hall–Kier alpha value is -2.89. The molecular formula is C25H24O4S. The van der Waals surface area contributed by atoms with Crippen LogP contribution < -0.4 is 4.74 Å². The topological polar surface area (TPSA) is 63.6 Å². The molecule has 0 aliphatic rings. The molecule has 0 fully saturated rings. The highest BCUT2D eigenvalue weighted by Gasteiger charge is 2.24. The van der Waals surface area contributed by atoms with E-state index in [0.29, 0.717) is 16.9 Å². The third kappa shape index (κ3) is 3.44. The minimum atomic E-state index is -4.45. The molecule has 4 aromatic rings. The Morgan fingerprint density at radius 2 is 1.47 bits per heavy atom. The van der Waals surface area contributed by atoms with Crippen LogP contribution in [-0.2, 0) is 15.5 Å². The molecule has 0 spiro atoms. The van der Waals surface area contributed by atoms with E-state index in [1.54, 1.807) is 13.2 Å². The predicted octanol–water partition coefficient (Wildman–Crippen LogP) is 6.21. The van der Waals surface area contributed by atoms with Crippen molar-refractivity contribution in [3.8, 4) is 16.9 Å². The smallest absolute Gasteiger partial charge is 0.295 e. The monoisotopic (exact) mass is 420 g/mol. The first-order valence-corrected chi connectivity index (χ1v) is 11.2. The van der Waals surface area contributed by atoms with Gasteiger partial charge in [-0.2, -0.15) is 8.42 Å². The highest BCUT2D eigenvalue weighted by molar-refractivity contribution is 7.86. The molecule has 0 bridgehead atoms. The lowest BCUT2D eigenvalue weighted by atomic mass is 9.84. The number of ether oxygens (including phenoxy) is 1. The lowest BCUT2D eigenvalue weighted by Crippen LogP contribution is -2.10. The van der Waals surface area contributed by atoms with Crippen molar-refractivity contribution in [3.63, 3.8) is 0 Å². The quantitative estimate of drug-likeness (QED) is 0.400. The Morgan fingerprint density at radius 3 is 2.13 bits per heavy atom. The maximum absolute atomic E-state index is 12.3. The van der Waals surface area contributed by atoms with E-state index < -0.39 is 10.1 Å². The zero-order valence-corrected chi connectivity index (χ0v) is 18.2. The molecule has 0 aromatic heterocycles. The van der Waals surface area contributed by atoms with Gasteiger partial charge in [0.2, 0.25) is 0 Å². The highest BCUT2D eigenvalue weighted by Crippen LogP contribution is 2.44. The average Bonchev–Trinajstić information content (AvgIpc) is 2.70. The van der Waals surface area contributed by atoms with Crippen molar-refractivity contribution in [1.29, 1.82) is 0 Å². The molecule has 0 saturated carbocycles. The summed E-state index contributed by atoms with van der Waals surface area (Å²) in [5.74, 6) is 0.548. The van der Waals surface area contributed by atoms with E-state index in [1.807, 2.05) is 42.5 Å². The molecule has 0 radical (unpaired) electrons. The Balaban J connectivity index is 2.20. The summed E-state index contributed by atoms with van der Waals surface area (Å²) >= 11 is 0. The van der Waals surface area contributed by atoms with Gasteiger partial charge in [0.1, 0.15) is 10.6 Å². The van der Waals surface area contributed by atoms with Crippen LogP contribution in [0.25, 0.3) is 32.7 Å². The summed E-state index contributed by atoms with van der Waals surface area (Å²) in [5.41, 5.74) is 2.26. The van der Waals surface area contributed by atoms with Crippen LogP contribution in [0.2, 0.25) is 0 Å². The molecule has 1 N–H and O–H groups in total. The summed E-state index contributed by atoms with van der Waals surface area (Å²) < 4.78 is 40.3.